The van der Waals surface area contributed by atoms with Gasteiger partial charge >= 0.3 is 5.97 Å². The number of hydrogen-bond donors (Lipinski definition) is 0. The third kappa shape index (κ3) is 22.6. The molecule has 0 aliphatic heterocycles. The van der Waals surface area contributed by atoms with E-state index in [9.17, 15) is 4.79 Å². The van der Waals surface area contributed by atoms with Gasteiger partial charge in [-0.05, 0) is 27.2 Å². The van der Waals surface area contributed by atoms with Gasteiger partial charge in [-0.3, -0.25) is 4.79 Å². The highest BCUT2D eigenvalue weighted by Crippen LogP contribution is 2.15. The fraction of sp³-hybridized carbons (Fsp3) is 0.969. The van der Waals surface area contributed by atoms with Crippen molar-refractivity contribution in [1.29, 1.82) is 0 Å². The van der Waals surface area contributed by atoms with Crippen molar-refractivity contribution >= 4 is 5.97 Å². The SMILES string of the molecule is CCCCCCCCCCCCCCCCCCCCCC(=O)OCCOCC[N+](CC)(CC)CC. The maximum absolute atomic E-state index is 11.9. The summed E-state index contributed by atoms with van der Waals surface area (Å²) in [5.41, 5.74) is 0. The molecule has 0 radical (unpaired) electrons. The largest absolute Gasteiger partial charge is 0.463 e. The quantitative estimate of drug-likeness (QED) is 0.0569. The molecule has 0 aromatic carbocycles. The lowest BCUT2D eigenvalue weighted by molar-refractivity contribution is -0.923. The molecule has 0 fully saturated rings. The Hall–Kier alpha value is -0.610. The van der Waals surface area contributed by atoms with Gasteiger partial charge in [0, 0.05) is 6.42 Å². The van der Waals surface area contributed by atoms with Crippen LogP contribution in [0.25, 0.3) is 0 Å². The van der Waals surface area contributed by atoms with Gasteiger partial charge < -0.3 is 14.0 Å². The van der Waals surface area contributed by atoms with E-state index in [0.717, 1.165) is 50.1 Å². The lowest BCUT2D eigenvalue weighted by Gasteiger charge is -2.35. The summed E-state index contributed by atoms with van der Waals surface area (Å²) in [6, 6.07) is 0. The Morgan fingerprint density at radius 1 is 0.500 bits per heavy atom. The molecule has 0 atom stereocenters. The summed E-state index contributed by atoms with van der Waals surface area (Å²) in [6.07, 6.45) is 26.6. The molecule has 4 nitrogen and oxygen atoms in total. The van der Waals surface area contributed by atoms with Crippen LogP contribution in [0, 0.1) is 0 Å². The molecule has 0 aromatic heterocycles. The number of hydrogen-bond acceptors (Lipinski definition) is 3. The first-order valence-electron chi connectivity index (χ1n) is 16.2. The number of quaternary nitrogens is 1. The van der Waals surface area contributed by atoms with E-state index in [-0.39, 0.29) is 5.97 Å². The molecule has 0 aliphatic carbocycles. The number of unbranched alkanes of at least 4 members (excludes halogenated alkanes) is 18. The van der Waals surface area contributed by atoms with E-state index in [2.05, 4.69) is 27.7 Å². The number of ether oxygens (including phenoxy) is 2. The molecule has 0 heterocycles. The van der Waals surface area contributed by atoms with Gasteiger partial charge in [-0.2, -0.15) is 0 Å². The lowest BCUT2D eigenvalue weighted by Crippen LogP contribution is -2.49. The summed E-state index contributed by atoms with van der Waals surface area (Å²) >= 11 is 0. The molecule has 0 aliphatic rings. The monoisotopic (exact) mass is 513 g/mol. The van der Waals surface area contributed by atoms with Gasteiger partial charge in [0.05, 0.1) is 32.8 Å². The van der Waals surface area contributed by atoms with Crippen molar-refractivity contribution in [3.8, 4) is 0 Å². The second kappa shape index (κ2) is 27.4. The molecule has 216 valence electrons. The van der Waals surface area contributed by atoms with Gasteiger partial charge in [-0.1, -0.05) is 122 Å². The summed E-state index contributed by atoms with van der Waals surface area (Å²) in [7, 11) is 0. The molecule has 0 spiro atoms. The van der Waals surface area contributed by atoms with Crippen LogP contribution in [0.1, 0.15) is 156 Å². The Bertz CT molecular complexity index is 442. The number of esters is 1. The highest BCUT2D eigenvalue weighted by Gasteiger charge is 2.19. The summed E-state index contributed by atoms with van der Waals surface area (Å²) in [6.45, 7) is 15.1. The molecule has 4 heteroatoms. The molecule has 0 aromatic rings. The molecule has 36 heavy (non-hydrogen) atoms. The van der Waals surface area contributed by atoms with E-state index >= 15 is 0 Å². The maximum atomic E-state index is 11.9. The van der Waals surface area contributed by atoms with Crippen LogP contribution in [0.15, 0.2) is 0 Å². The Morgan fingerprint density at radius 3 is 1.28 bits per heavy atom. The van der Waals surface area contributed by atoms with Crippen molar-refractivity contribution < 1.29 is 18.8 Å². The molecule has 0 rings (SSSR count). The number of carbonyl (C=O) groups is 1. The van der Waals surface area contributed by atoms with Crippen LogP contribution in [0.5, 0.6) is 0 Å². The van der Waals surface area contributed by atoms with Crippen molar-refractivity contribution in [3.63, 3.8) is 0 Å². The number of nitrogens with zero attached hydrogens (tertiary/aromatic N) is 1. The van der Waals surface area contributed by atoms with Gasteiger partial charge in [-0.15, -0.1) is 0 Å². The van der Waals surface area contributed by atoms with Gasteiger partial charge in [0.25, 0.3) is 0 Å². The van der Waals surface area contributed by atoms with Crippen LogP contribution < -0.4 is 0 Å². The van der Waals surface area contributed by atoms with Crippen LogP contribution in [-0.2, 0) is 14.3 Å². The van der Waals surface area contributed by atoms with Gasteiger partial charge in [0.2, 0.25) is 0 Å². The van der Waals surface area contributed by atoms with Crippen molar-refractivity contribution in [1.82, 2.24) is 0 Å². The number of carbonyl (C=O) groups excluding carboxylic acids is 1. The summed E-state index contributed by atoms with van der Waals surface area (Å²) in [5.74, 6) is -0.0635. The Kier molecular flexibility index (Phi) is 27.0. The highest BCUT2D eigenvalue weighted by atomic mass is 16.6. The van der Waals surface area contributed by atoms with Crippen LogP contribution in [0.3, 0.4) is 0 Å². The minimum Gasteiger partial charge on any atom is -0.463 e. The van der Waals surface area contributed by atoms with Crippen LogP contribution >= 0.6 is 0 Å². The van der Waals surface area contributed by atoms with E-state index in [4.69, 9.17) is 9.47 Å². The van der Waals surface area contributed by atoms with Crippen LogP contribution in [0.2, 0.25) is 0 Å². The van der Waals surface area contributed by atoms with Crippen molar-refractivity contribution in [3.05, 3.63) is 0 Å². The van der Waals surface area contributed by atoms with E-state index in [1.54, 1.807) is 0 Å². The smallest absolute Gasteiger partial charge is 0.305 e. The first-order chi connectivity index (χ1) is 17.6. The lowest BCUT2D eigenvalue weighted by atomic mass is 10.0. The second-order valence-corrected chi connectivity index (χ2v) is 11.0. The molecule has 0 saturated heterocycles. The van der Waals surface area contributed by atoms with E-state index < -0.39 is 0 Å². The predicted octanol–water partition coefficient (Wildman–Crippen LogP) is 9.24. The Morgan fingerprint density at radius 2 is 0.889 bits per heavy atom. The van der Waals surface area contributed by atoms with E-state index in [1.165, 1.54) is 109 Å². The Labute approximate surface area is 226 Å². The molecule has 0 saturated carbocycles. The van der Waals surface area contributed by atoms with E-state index in [0.29, 0.717) is 19.6 Å². The fourth-order valence-corrected chi connectivity index (χ4v) is 5.14. The number of likely N-dealkylation sites (N-methyl/N-ethyl adjacent to an activating group) is 1. The molecular weight excluding hydrogens is 446 g/mol. The fourth-order valence-electron chi connectivity index (χ4n) is 5.14. The molecular formula is C32H66NO3+. The summed E-state index contributed by atoms with van der Waals surface area (Å²) in [4.78, 5) is 11.9. The first-order valence-corrected chi connectivity index (χ1v) is 16.2. The minimum atomic E-state index is -0.0635. The average Bonchev–Trinajstić information content (AvgIpc) is 2.90. The second-order valence-electron chi connectivity index (χ2n) is 11.0. The standard InChI is InChI=1S/C32H66NO3/c1-5-9-10-11-12-13-14-15-16-17-18-19-20-21-22-23-24-25-26-27-32(34)36-31-30-35-29-28-33(6-2,7-3)8-4/h5-31H2,1-4H3/q+1. The highest BCUT2D eigenvalue weighted by molar-refractivity contribution is 5.69. The summed E-state index contributed by atoms with van der Waals surface area (Å²) < 4.78 is 12.1. The number of rotatable bonds is 29. The van der Waals surface area contributed by atoms with Gasteiger partial charge in [0.1, 0.15) is 13.2 Å². The normalized spacial score (nSPS) is 11.8. The van der Waals surface area contributed by atoms with Crippen LogP contribution in [-0.4, -0.2) is 56.5 Å². The topological polar surface area (TPSA) is 35.5 Å². The zero-order valence-corrected chi connectivity index (χ0v) is 25.3. The zero-order valence-electron chi connectivity index (χ0n) is 25.3. The molecule has 0 bridgehead atoms. The predicted molar refractivity (Wildman–Crippen MR) is 157 cm³/mol. The van der Waals surface area contributed by atoms with Crippen molar-refractivity contribution in [2.24, 2.45) is 0 Å². The first kappa shape index (κ1) is 35.4. The van der Waals surface area contributed by atoms with Crippen molar-refractivity contribution in [2.75, 3.05) is 46.0 Å². The van der Waals surface area contributed by atoms with Crippen LogP contribution in [0.4, 0.5) is 0 Å². The average molecular weight is 513 g/mol. The third-order valence-corrected chi connectivity index (χ3v) is 8.20. The molecule has 0 unspecified atom stereocenters. The minimum absolute atomic E-state index is 0.0635. The Balaban J connectivity index is 3.27. The van der Waals surface area contributed by atoms with Crippen molar-refractivity contribution in [2.45, 2.75) is 156 Å². The third-order valence-electron chi connectivity index (χ3n) is 8.20. The van der Waals surface area contributed by atoms with E-state index in [1.807, 2.05) is 0 Å². The summed E-state index contributed by atoms with van der Waals surface area (Å²) in [5, 5.41) is 0. The zero-order chi connectivity index (χ0) is 26.6. The van der Waals surface area contributed by atoms with Gasteiger partial charge in [-0.25, -0.2) is 0 Å². The molecule has 0 amide bonds. The molecule has 0 N–H and O–H groups in total. The van der Waals surface area contributed by atoms with Gasteiger partial charge in [0.15, 0.2) is 0 Å². The maximum Gasteiger partial charge on any atom is 0.305 e.